The monoisotopic (exact) mass is 339 g/mol. The predicted molar refractivity (Wildman–Crippen MR) is 97.5 cm³/mol. The zero-order valence-corrected chi connectivity index (χ0v) is 14.9. The lowest BCUT2D eigenvalue weighted by atomic mass is 9.87. The van der Waals surface area contributed by atoms with Crippen LogP contribution >= 0.6 is 0 Å². The average molecular weight is 339 g/mol. The van der Waals surface area contributed by atoms with Crippen LogP contribution in [0.4, 0.5) is 0 Å². The summed E-state index contributed by atoms with van der Waals surface area (Å²) in [6.07, 6.45) is 3.76. The SMILES string of the molecule is CCCN(C(=O)Cn1nc(C)ccc1=O)[C@H]1CCc2ccccc2C1. The number of carbonyl (C=O) groups excluding carboxylic acids is 1. The molecular weight excluding hydrogens is 314 g/mol. The van der Waals surface area contributed by atoms with Gasteiger partial charge in [0.05, 0.1) is 5.69 Å². The molecular formula is C20H25N3O2. The van der Waals surface area contributed by atoms with E-state index in [-0.39, 0.29) is 24.1 Å². The molecule has 25 heavy (non-hydrogen) atoms. The number of aromatic nitrogens is 2. The Morgan fingerprint density at radius 1 is 1.24 bits per heavy atom. The van der Waals surface area contributed by atoms with E-state index >= 15 is 0 Å². The third-order valence-corrected chi connectivity index (χ3v) is 4.83. The van der Waals surface area contributed by atoms with Crippen LogP contribution in [0.3, 0.4) is 0 Å². The van der Waals surface area contributed by atoms with Gasteiger partial charge in [0.15, 0.2) is 0 Å². The van der Waals surface area contributed by atoms with Gasteiger partial charge in [0.1, 0.15) is 6.54 Å². The summed E-state index contributed by atoms with van der Waals surface area (Å²) in [5.41, 5.74) is 3.23. The quantitative estimate of drug-likeness (QED) is 0.840. The van der Waals surface area contributed by atoms with Gasteiger partial charge in [0.25, 0.3) is 5.56 Å². The van der Waals surface area contributed by atoms with E-state index in [0.29, 0.717) is 6.54 Å². The summed E-state index contributed by atoms with van der Waals surface area (Å²) in [4.78, 5) is 26.8. The summed E-state index contributed by atoms with van der Waals surface area (Å²) in [7, 11) is 0. The van der Waals surface area contributed by atoms with E-state index in [1.807, 2.05) is 11.8 Å². The second-order valence-electron chi connectivity index (χ2n) is 6.72. The smallest absolute Gasteiger partial charge is 0.267 e. The van der Waals surface area contributed by atoms with E-state index in [1.54, 1.807) is 6.07 Å². The fourth-order valence-electron chi connectivity index (χ4n) is 3.58. The third kappa shape index (κ3) is 3.98. The number of hydrogen-bond donors (Lipinski definition) is 0. The number of amides is 1. The van der Waals surface area contributed by atoms with E-state index < -0.39 is 0 Å². The fraction of sp³-hybridized carbons (Fsp3) is 0.450. The Bertz CT molecular complexity index is 813. The molecule has 0 aliphatic heterocycles. The van der Waals surface area contributed by atoms with Crippen molar-refractivity contribution < 1.29 is 4.79 Å². The molecule has 0 spiro atoms. The Morgan fingerprint density at radius 3 is 2.76 bits per heavy atom. The van der Waals surface area contributed by atoms with Crippen molar-refractivity contribution in [3.05, 3.63) is 63.6 Å². The van der Waals surface area contributed by atoms with Crippen LogP contribution in [-0.2, 0) is 24.2 Å². The summed E-state index contributed by atoms with van der Waals surface area (Å²) in [6.45, 7) is 4.63. The maximum absolute atomic E-state index is 12.9. The Kier molecular flexibility index (Phi) is 5.31. The van der Waals surface area contributed by atoms with E-state index in [0.717, 1.165) is 31.4 Å². The molecule has 5 heteroatoms. The van der Waals surface area contributed by atoms with E-state index in [4.69, 9.17) is 0 Å². The molecule has 0 N–H and O–H groups in total. The van der Waals surface area contributed by atoms with Gasteiger partial charge < -0.3 is 4.90 Å². The first-order chi connectivity index (χ1) is 12.1. The van der Waals surface area contributed by atoms with Crippen molar-refractivity contribution in [2.45, 2.75) is 52.1 Å². The van der Waals surface area contributed by atoms with Gasteiger partial charge >= 0.3 is 0 Å². The number of aryl methyl sites for hydroxylation is 2. The number of hydrogen-bond acceptors (Lipinski definition) is 3. The summed E-state index contributed by atoms with van der Waals surface area (Å²) in [5.74, 6) is -0.0218. The van der Waals surface area contributed by atoms with Crippen LogP contribution < -0.4 is 5.56 Å². The highest BCUT2D eigenvalue weighted by Gasteiger charge is 2.27. The molecule has 0 saturated carbocycles. The lowest BCUT2D eigenvalue weighted by Crippen LogP contribution is -2.46. The number of nitrogens with zero attached hydrogens (tertiary/aromatic N) is 3. The molecule has 1 aliphatic rings. The summed E-state index contributed by atoms with van der Waals surface area (Å²) >= 11 is 0. The maximum Gasteiger partial charge on any atom is 0.267 e. The molecule has 1 heterocycles. The van der Waals surface area contributed by atoms with E-state index in [2.05, 4.69) is 36.3 Å². The minimum atomic E-state index is -0.232. The largest absolute Gasteiger partial charge is 0.338 e. The molecule has 1 aromatic carbocycles. The number of rotatable bonds is 5. The Morgan fingerprint density at radius 2 is 2.00 bits per heavy atom. The Labute approximate surface area is 148 Å². The van der Waals surface area contributed by atoms with Crippen molar-refractivity contribution in [1.82, 2.24) is 14.7 Å². The molecule has 132 valence electrons. The predicted octanol–water partition coefficient (Wildman–Crippen LogP) is 2.35. The Balaban J connectivity index is 1.78. The maximum atomic E-state index is 12.9. The van der Waals surface area contributed by atoms with Gasteiger partial charge in [0, 0.05) is 18.7 Å². The molecule has 1 amide bonds. The first kappa shape index (κ1) is 17.4. The molecule has 3 rings (SSSR count). The average Bonchev–Trinajstić information content (AvgIpc) is 2.62. The van der Waals surface area contributed by atoms with Crippen LogP contribution in [-0.4, -0.2) is 33.2 Å². The van der Waals surface area contributed by atoms with Gasteiger partial charge in [-0.05, 0) is 49.8 Å². The van der Waals surface area contributed by atoms with Crippen LogP contribution in [0.15, 0.2) is 41.2 Å². The summed E-state index contributed by atoms with van der Waals surface area (Å²) in [5, 5.41) is 4.19. The number of carbonyl (C=O) groups is 1. The van der Waals surface area contributed by atoms with Crippen LogP contribution in [0.1, 0.15) is 36.6 Å². The van der Waals surface area contributed by atoms with Crippen LogP contribution in [0.5, 0.6) is 0 Å². The van der Waals surface area contributed by atoms with E-state index in [1.165, 1.54) is 21.9 Å². The Hall–Kier alpha value is -2.43. The van der Waals surface area contributed by atoms with Gasteiger partial charge in [-0.2, -0.15) is 5.10 Å². The minimum absolute atomic E-state index is 0.0126. The van der Waals surface area contributed by atoms with Crippen molar-refractivity contribution >= 4 is 5.91 Å². The molecule has 1 atom stereocenters. The van der Waals surface area contributed by atoms with Crippen molar-refractivity contribution in [2.24, 2.45) is 0 Å². The molecule has 0 saturated heterocycles. The highest BCUT2D eigenvalue weighted by molar-refractivity contribution is 5.76. The van der Waals surface area contributed by atoms with Gasteiger partial charge in [0.2, 0.25) is 5.91 Å². The summed E-state index contributed by atoms with van der Waals surface area (Å²) < 4.78 is 1.27. The molecule has 1 aliphatic carbocycles. The zero-order chi connectivity index (χ0) is 17.8. The van der Waals surface area contributed by atoms with Crippen LogP contribution in [0.25, 0.3) is 0 Å². The molecule has 0 radical (unpaired) electrons. The first-order valence-electron chi connectivity index (χ1n) is 8.99. The highest BCUT2D eigenvalue weighted by atomic mass is 16.2. The second kappa shape index (κ2) is 7.64. The molecule has 2 aromatic rings. The number of fused-ring (bicyclic) bond motifs is 1. The van der Waals surface area contributed by atoms with Crippen molar-refractivity contribution in [3.63, 3.8) is 0 Å². The molecule has 0 fully saturated rings. The topological polar surface area (TPSA) is 55.2 Å². The molecule has 0 bridgehead atoms. The fourth-order valence-corrected chi connectivity index (χ4v) is 3.58. The molecule has 5 nitrogen and oxygen atoms in total. The summed E-state index contributed by atoms with van der Waals surface area (Å²) in [6, 6.07) is 11.8. The molecule has 0 unspecified atom stereocenters. The van der Waals surface area contributed by atoms with E-state index in [9.17, 15) is 9.59 Å². The standard InChI is InChI=1S/C20H25N3O2/c1-3-12-22(18-10-9-16-6-4-5-7-17(16)13-18)20(25)14-23-19(24)11-8-15(2)21-23/h4-8,11,18H,3,9-10,12-14H2,1-2H3/t18-/m0/s1. The van der Waals surface area contributed by atoms with Gasteiger partial charge in [-0.1, -0.05) is 31.2 Å². The second-order valence-corrected chi connectivity index (χ2v) is 6.72. The zero-order valence-electron chi connectivity index (χ0n) is 14.9. The van der Waals surface area contributed by atoms with Crippen molar-refractivity contribution in [3.8, 4) is 0 Å². The molecule has 1 aromatic heterocycles. The number of benzene rings is 1. The van der Waals surface area contributed by atoms with Gasteiger partial charge in [-0.25, -0.2) is 4.68 Å². The lowest BCUT2D eigenvalue weighted by Gasteiger charge is -2.35. The lowest BCUT2D eigenvalue weighted by molar-refractivity contribution is -0.134. The van der Waals surface area contributed by atoms with Crippen molar-refractivity contribution in [1.29, 1.82) is 0 Å². The highest BCUT2D eigenvalue weighted by Crippen LogP contribution is 2.24. The van der Waals surface area contributed by atoms with Crippen LogP contribution in [0, 0.1) is 6.92 Å². The van der Waals surface area contributed by atoms with Gasteiger partial charge in [-0.15, -0.1) is 0 Å². The van der Waals surface area contributed by atoms with Gasteiger partial charge in [-0.3, -0.25) is 9.59 Å². The minimum Gasteiger partial charge on any atom is -0.338 e. The first-order valence-corrected chi connectivity index (χ1v) is 8.99. The normalized spacial score (nSPS) is 16.3. The van der Waals surface area contributed by atoms with Crippen molar-refractivity contribution in [2.75, 3.05) is 6.54 Å². The third-order valence-electron chi connectivity index (χ3n) is 4.83. The van der Waals surface area contributed by atoms with Crippen LogP contribution in [0.2, 0.25) is 0 Å².